The Labute approximate surface area is 167 Å². The first-order valence-corrected chi connectivity index (χ1v) is 8.99. The van der Waals surface area contributed by atoms with E-state index in [-0.39, 0.29) is 11.5 Å². The van der Waals surface area contributed by atoms with Crippen molar-refractivity contribution in [2.24, 2.45) is 7.05 Å². The van der Waals surface area contributed by atoms with E-state index in [0.29, 0.717) is 21.2 Å². The van der Waals surface area contributed by atoms with Gasteiger partial charge in [0.15, 0.2) is 11.9 Å². The van der Waals surface area contributed by atoms with E-state index >= 15 is 0 Å². The van der Waals surface area contributed by atoms with Gasteiger partial charge in [-0.15, -0.1) is 0 Å². The van der Waals surface area contributed by atoms with Gasteiger partial charge < -0.3 is 14.6 Å². The molecule has 0 spiro atoms. The third-order valence-electron chi connectivity index (χ3n) is 4.06. The normalized spacial score (nSPS) is 13.0. The van der Waals surface area contributed by atoms with Crippen LogP contribution in [0, 0.1) is 0 Å². The maximum atomic E-state index is 12.4. The third-order valence-corrected chi connectivity index (χ3v) is 4.62. The van der Waals surface area contributed by atoms with Crippen molar-refractivity contribution in [3.63, 3.8) is 0 Å². The molecule has 0 fully saturated rings. The number of rotatable bonds is 6. The summed E-state index contributed by atoms with van der Waals surface area (Å²) < 4.78 is 6.71. The van der Waals surface area contributed by atoms with Crippen molar-refractivity contribution in [2.45, 2.75) is 32.9 Å². The fourth-order valence-corrected chi connectivity index (χ4v) is 3.07. The molecule has 2 atom stereocenters. The van der Waals surface area contributed by atoms with Gasteiger partial charge in [-0.1, -0.05) is 29.3 Å². The number of hydrogen-bond donors (Lipinski definition) is 1. The van der Waals surface area contributed by atoms with Crippen LogP contribution in [0.4, 0.5) is 0 Å². The van der Waals surface area contributed by atoms with Crippen LogP contribution in [0.3, 0.4) is 0 Å². The van der Waals surface area contributed by atoms with E-state index in [9.17, 15) is 14.4 Å². The lowest BCUT2D eigenvalue weighted by molar-refractivity contribution is -0.129. The number of ketones is 1. The van der Waals surface area contributed by atoms with Gasteiger partial charge in [0.2, 0.25) is 0 Å². The maximum Gasteiger partial charge on any atom is 0.355 e. The van der Waals surface area contributed by atoms with Crippen molar-refractivity contribution >= 4 is 40.9 Å². The van der Waals surface area contributed by atoms with Crippen LogP contribution in [0.5, 0.6) is 0 Å². The van der Waals surface area contributed by atoms with Crippen LogP contribution in [0.25, 0.3) is 0 Å². The summed E-state index contributed by atoms with van der Waals surface area (Å²) in [4.78, 5) is 36.1. The molecule has 1 amide bonds. The highest BCUT2D eigenvalue weighted by Gasteiger charge is 2.23. The minimum atomic E-state index is -1.03. The monoisotopic (exact) mass is 410 g/mol. The van der Waals surface area contributed by atoms with E-state index in [4.69, 9.17) is 27.9 Å². The Balaban J connectivity index is 2.02. The highest BCUT2D eigenvalue weighted by atomic mass is 35.5. The van der Waals surface area contributed by atoms with Gasteiger partial charge in [0.25, 0.3) is 5.91 Å². The lowest BCUT2D eigenvalue weighted by atomic mass is 10.1. The SMILES string of the molecule is CC(=O)c1cc(C(=O)O[C@@H](C)C(=O)N[C@H](C)c2ccc(Cl)cc2Cl)n(C)c1. The molecule has 2 rings (SSSR count). The molecule has 1 aromatic carbocycles. The van der Waals surface area contributed by atoms with Crippen molar-refractivity contribution in [1.82, 2.24) is 9.88 Å². The molecule has 0 aliphatic rings. The highest BCUT2D eigenvalue weighted by molar-refractivity contribution is 6.35. The van der Waals surface area contributed by atoms with Gasteiger partial charge in [0.1, 0.15) is 5.69 Å². The average molecular weight is 411 g/mol. The number of ether oxygens (including phenoxy) is 1. The fourth-order valence-electron chi connectivity index (χ4n) is 2.50. The number of esters is 1. The minimum absolute atomic E-state index is 0.163. The number of aryl methyl sites for hydroxylation is 1. The molecule has 8 heteroatoms. The summed E-state index contributed by atoms with van der Waals surface area (Å²) >= 11 is 12.0. The molecule has 0 saturated heterocycles. The van der Waals surface area contributed by atoms with Gasteiger partial charge >= 0.3 is 5.97 Å². The summed E-state index contributed by atoms with van der Waals surface area (Å²) in [7, 11) is 1.62. The summed E-state index contributed by atoms with van der Waals surface area (Å²) in [5.74, 6) is -1.32. The van der Waals surface area contributed by atoms with Crippen molar-refractivity contribution in [2.75, 3.05) is 0 Å². The Morgan fingerprint density at radius 2 is 1.81 bits per heavy atom. The van der Waals surface area contributed by atoms with Crippen LogP contribution in [-0.4, -0.2) is 28.3 Å². The van der Waals surface area contributed by atoms with Crippen LogP contribution < -0.4 is 5.32 Å². The molecule has 144 valence electrons. The number of amides is 1. The molecule has 1 aromatic heterocycles. The summed E-state index contributed by atoms with van der Waals surface area (Å²) in [6.45, 7) is 4.64. The van der Waals surface area contributed by atoms with Crippen molar-refractivity contribution in [3.05, 3.63) is 57.3 Å². The molecular weight excluding hydrogens is 391 g/mol. The zero-order chi connectivity index (χ0) is 20.3. The second-order valence-electron chi connectivity index (χ2n) is 6.22. The fraction of sp³-hybridized carbons (Fsp3) is 0.316. The Morgan fingerprint density at radius 3 is 2.37 bits per heavy atom. The van der Waals surface area contributed by atoms with Crippen molar-refractivity contribution in [3.8, 4) is 0 Å². The number of hydrogen-bond acceptors (Lipinski definition) is 4. The molecule has 0 aliphatic heterocycles. The van der Waals surface area contributed by atoms with Gasteiger partial charge in [-0.25, -0.2) is 4.79 Å². The summed E-state index contributed by atoms with van der Waals surface area (Å²) in [6.07, 6.45) is 0.510. The zero-order valence-electron chi connectivity index (χ0n) is 15.4. The smallest absolute Gasteiger partial charge is 0.355 e. The van der Waals surface area contributed by atoms with Crippen LogP contribution in [-0.2, 0) is 16.6 Å². The largest absolute Gasteiger partial charge is 0.448 e. The Morgan fingerprint density at radius 1 is 1.15 bits per heavy atom. The molecule has 6 nitrogen and oxygen atoms in total. The number of nitrogens with one attached hydrogen (secondary N) is 1. The molecule has 2 aromatic rings. The quantitative estimate of drug-likeness (QED) is 0.577. The van der Waals surface area contributed by atoms with E-state index in [2.05, 4.69) is 5.32 Å². The van der Waals surface area contributed by atoms with Crippen LogP contribution in [0.2, 0.25) is 10.0 Å². The minimum Gasteiger partial charge on any atom is -0.448 e. The predicted octanol–water partition coefficient (Wildman–Crippen LogP) is 3.96. The molecule has 0 saturated carbocycles. The first-order valence-electron chi connectivity index (χ1n) is 8.23. The van der Waals surface area contributed by atoms with Gasteiger partial charge in [0.05, 0.1) is 6.04 Å². The molecule has 0 radical (unpaired) electrons. The molecule has 1 N–H and O–H groups in total. The summed E-state index contributed by atoms with van der Waals surface area (Å²) in [5, 5.41) is 3.67. The lowest BCUT2D eigenvalue weighted by Gasteiger charge is -2.19. The van der Waals surface area contributed by atoms with E-state index < -0.39 is 24.0 Å². The van der Waals surface area contributed by atoms with Crippen LogP contribution >= 0.6 is 23.2 Å². The van der Waals surface area contributed by atoms with Gasteiger partial charge in [-0.2, -0.15) is 0 Å². The number of Topliss-reactive ketones (excluding diaryl/α,β-unsaturated/α-hetero) is 1. The van der Waals surface area contributed by atoms with E-state index in [1.165, 1.54) is 30.7 Å². The van der Waals surface area contributed by atoms with Crippen LogP contribution in [0.15, 0.2) is 30.5 Å². The standard InChI is InChI=1S/C19H20Cl2N2O4/c1-10(15-6-5-14(20)8-16(15)21)22-18(25)12(3)27-19(26)17-7-13(11(2)24)9-23(17)4/h5-10,12H,1-4H3,(H,22,25)/t10-,12+/m1/s1. The Kier molecular flexibility index (Phi) is 6.68. The topological polar surface area (TPSA) is 77.4 Å². The van der Waals surface area contributed by atoms with E-state index in [0.717, 1.165) is 0 Å². The second kappa shape index (κ2) is 8.59. The zero-order valence-corrected chi connectivity index (χ0v) is 16.9. The first kappa shape index (κ1) is 21.0. The Bertz CT molecular complexity index is 892. The molecule has 0 aliphatic carbocycles. The predicted molar refractivity (Wildman–Crippen MR) is 103 cm³/mol. The number of carbonyl (C=O) groups is 3. The third kappa shape index (κ3) is 5.11. The number of carbonyl (C=O) groups excluding carboxylic acids is 3. The number of benzene rings is 1. The number of halogens is 2. The Hall–Kier alpha value is -2.31. The molecule has 27 heavy (non-hydrogen) atoms. The lowest BCUT2D eigenvalue weighted by Crippen LogP contribution is -2.37. The maximum absolute atomic E-state index is 12.4. The molecule has 0 bridgehead atoms. The van der Waals surface area contributed by atoms with Gasteiger partial charge in [-0.3, -0.25) is 9.59 Å². The molecule has 1 heterocycles. The average Bonchev–Trinajstić information content (AvgIpc) is 2.96. The molecule has 0 unspecified atom stereocenters. The highest BCUT2D eigenvalue weighted by Crippen LogP contribution is 2.26. The number of aromatic nitrogens is 1. The first-order chi connectivity index (χ1) is 12.6. The summed E-state index contributed by atoms with van der Waals surface area (Å²) in [6, 6.07) is 6.02. The van der Waals surface area contributed by atoms with Crippen LogP contribution in [0.1, 0.15) is 53.2 Å². The van der Waals surface area contributed by atoms with Crippen molar-refractivity contribution < 1.29 is 19.1 Å². The van der Waals surface area contributed by atoms with E-state index in [1.54, 1.807) is 32.2 Å². The van der Waals surface area contributed by atoms with Crippen molar-refractivity contribution in [1.29, 1.82) is 0 Å². The second-order valence-corrected chi connectivity index (χ2v) is 7.07. The van der Waals surface area contributed by atoms with E-state index in [1.807, 2.05) is 0 Å². The number of nitrogens with zero attached hydrogens (tertiary/aromatic N) is 1. The summed E-state index contributed by atoms with van der Waals surface area (Å²) in [5.41, 5.74) is 1.28. The van der Waals surface area contributed by atoms with Gasteiger partial charge in [0, 0.05) is 28.9 Å². The molecular formula is C19H20Cl2N2O4. The van der Waals surface area contributed by atoms with Gasteiger partial charge in [-0.05, 0) is 44.5 Å².